The summed E-state index contributed by atoms with van der Waals surface area (Å²) in [4.78, 5) is 5.52. The number of nitrogens with zero attached hydrogens (tertiary/aromatic N) is 2. The van der Waals surface area contributed by atoms with Gasteiger partial charge in [0.25, 0.3) is 6.71 Å². The highest BCUT2D eigenvalue weighted by Gasteiger charge is 2.50. The average Bonchev–Trinajstić information content (AvgIpc) is 3.58. The molecule has 0 radical (unpaired) electrons. The monoisotopic (exact) mass is 879 g/mol. The van der Waals surface area contributed by atoms with Crippen LogP contribution in [0, 0.1) is 6.92 Å². The first-order valence-corrected chi connectivity index (χ1v) is 25.6. The number of benzene rings is 5. The topological polar surface area (TPSA) is 6.48 Å². The maximum atomic E-state index is 2.80. The molecule has 0 unspecified atom stereocenters. The summed E-state index contributed by atoms with van der Waals surface area (Å²) in [6, 6.07) is 32.7. The van der Waals surface area contributed by atoms with Crippen LogP contribution in [0.2, 0.25) is 0 Å². The minimum Gasteiger partial charge on any atom is -0.311 e. The first-order valence-electron chi connectivity index (χ1n) is 24.8. The van der Waals surface area contributed by atoms with Gasteiger partial charge in [-0.3, -0.25) is 0 Å². The second-order valence-electron chi connectivity index (χ2n) is 26.5. The molecular weight excluding hydrogens is 804 g/mol. The molecule has 0 bridgehead atoms. The smallest absolute Gasteiger partial charge is 0.264 e. The van der Waals surface area contributed by atoms with Crippen LogP contribution in [0.3, 0.4) is 0 Å². The van der Waals surface area contributed by atoms with E-state index in [0.29, 0.717) is 0 Å². The standard InChI is InChI=1S/C61H75BN2S/c1-36-31-37(55(2,3)4)19-25-46(36)64-48-34-39(57(8,9)10)33-47-51(48)62(54-52(64)41-32-38(56(5,6)7)20-26-49(41)65-54)45-24-23-43-50(61(17,18)30-29-59(43,13)14)53(45)63(47)40-21-22-42-44(35-40)60(15,16)28-27-58(42,11)12/h19-26,31-35H,27-30H2,1-18H3. The number of anilines is 6. The third kappa shape index (κ3) is 6.75. The molecule has 3 heterocycles. The Bertz CT molecular complexity index is 2970. The minimum absolute atomic E-state index is 0.0108. The van der Waals surface area contributed by atoms with E-state index in [1.165, 1.54) is 118 Å². The van der Waals surface area contributed by atoms with Crippen LogP contribution in [0.5, 0.6) is 0 Å². The van der Waals surface area contributed by atoms with Crippen molar-refractivity contribution < 1.29 is 0 Å². The van der Waals surface area contributed by atoms with Crippen molar-refractivity contribution in [3.05, 3.63) is 123 Å². The number of hydrogen-bond acceptors (Lipinski definition) is 3. The largest absolute Gasteiger partial charge is 0.311 e. The number of thiophene rings is 1. The molecule has 0 saturated heterocycles. The highest BCUT2D eigenvalue weighted by Crippen LogP contribution is 2.56. The van der Waals surface area contributed by atoms with Gasteiger partial charge in [0.15, 0.2) is 0 Å². The van der Waals surface area contributed by atoms with Gasteiger partial charge in [0.1, 0.15) is 0 Å². The van der Waals surface area contributed by atoms with E-state index >= 15 is 0 Å². The number of rotatable bonds is 2. The van der Waals surface area contributed by atoms with Gasteiger partial charge in [-0.25, -0.2) is 0 Å². The Morgan fingerprint density at radius 1 is 0.492 bits per heavy atom. The van der Waals surface area contributed by atoms with Crippen LogP contribution in [-0.2, 0) is 37.9 Å². The minimum atomic E-state index is -0.0978. The van der Waals surface area contributed by atoms with Crippen molar-refractivity contribution in [3.8, 4) is 0 Å². The van der Waals surface area contributed by atoms with Crippen LogP contribution >= 0.6 is 11.3 Å². The molecule has 2 nitrogen and oxygen atoms in total. The van der Waals surface area contributed by atoms with E-state index < -0.39 is 0 Å². The average molecular weight is 879 g/mol. The van der Waals surface area contributed by atoms with Gasteiger partial charge in [-0.2, -0.15) is 0 Å². The normalized spacial score (nSPS) is 19.1. The number of fused-ring (bicyclic) bond motifs is 9. The van der Waals surface area contributed by atoms with Gasteiger partial charge in [-0.15, -0.1) is 11.3 Å². The third-order valence-corrected chi connectivity index (χ3v) is 18.0. The van der Waals surface area contributed by atoms with Crippen molar-refractivity contribution in [2.24, 2.45) is 0 Å². The fraction of sp³-hybridized carbons (Fsp3) is 0.475. The SMILES string of the molecule is Cc1cc(C(C)(C)C)ccc1N1c2cc(C(C)(C)C)cc3c2B(c2ccc4c(c2N3c2ccc3c(c2)C(C)(C)CCC3(C)C)C(C)(C)CCC4(C)C)c2sc3ccc(C(C)(C)C)cc3c21. The fourth-order valence-corrected chi connectivity index (χ4v) is 13.5. The molecular formula is C61H75BN2S. The maximum absolute atomic E-state index is 2.80. The molecule has 65 heavy (non-hydrogen) atoms. The Morgan fingerprint density at radius 2 is 1.03 bits per heavy atom. The summed E-state index contributed by atoms with van der Waals surface area (Å²) in [6.07, 6.45) is 4.74. The molecule has 0 N–H and O–H groups in total. The van der Waals surface area contributed by atoms with E-state index in [1.54, 1.807) is 5.56 Å². The molecule has 5 aromatic carbocycles. The van der Waals surface area contributed by atoms with Gasteiger partial charge in [-0.05, 0) is 168 Å². The summed E-state index contributed by atoms with van der Waals surface area (Å²) in [5, 5.41) is 1.37. The van der Waals surface area contributed by atoms with Gasteiger partial charge in [0, 0.05) is 43.3 Å². The lowest BCUT2D eigenvalue weighted by Crippen LogP contribution is -2.61. The fourth-order valence-electron chi connectivity index (χ4n) is 12.2. The molecule has 4 heteroatoms. The first-order chi connectivity index (χ1) is 30.0. The molecule has 4 aliphatic rings. The van der Waals surface area contributed by atoms with Crippen molar-refractivity contribution in [2.45, 2.75) is 188 Å². The Labute approximate surface area is 397 Å². The zero-order valence-electron chi connectivity index (χ0n) is 43.2. The van der Waals surface area contributed by atoms with E-state index in [0.717, 1.165) is 6.42 Å². The Balaban J connectivity index is 1.39. The highest BCUT2D eigenvalue weighted by molar-refractivity contribution is 7.33. The molecule has 0 fully saturated rings. The lowest BCUT2D eigenvalue weighted by Gasteiger charge is -2.50. The quantitative estimate of drug-likeness (QED) is 0.160. The maximum Gasteiger partial charge on any atom is 0.264 e. The van der Waals surface area contributed by atoms with Crippen LogP contribution < -0.4 is 25.5 Å². The lowest BCUT2D eigenvalue weighted by molar-refractivity contribution is 0.331. The second kappa shape index (κ2) is 13.9. The molecule has 338 valence electrons. The predicted octanol–water partition coefficient (Wildman–Crippen LogP) is 15.9. The molecule has 10 rings (SSSR count). The molecule has 6 aromatic rings. The van der Waals surface area contributed by atoms with Crippen molar-refractivity contribution in [1.82, 2.24) is 0 Å². The van der Waals surface area contributed by atoms with Crippen LogP contribution in [-0.4, -0.2) is 6.71 Å². The van der Waals surface area contributed by atoms with Crippen molar-refractivity contribution in [2.75, 3.05) is 9.80 Å². The highest BCUT2D eigenvalue weighted by atomic mass is 32.1. The van der Waals surface area contributed by atoms with Crippen LogP contribution in [0.1, 0.15) is 188 Å². The molecule has 0 saturated carbocycles. The van der Waals surface area contributed by atoms with Crippen LogP contribution in [0.4, 0.5) is 34.1 Å². The summed E-state index contributed by atoms with van der Waals surface area (Å²) in [5.74, 6) is 0. The van der Waals surface area contributed by atoms with E-state index in [9.17, 15) is 0 Å². The molecule has 0 amide bonds. The molecule has 0 spiro atoms. The molecule has 0 atom stereocenters. The molecule has 2 aliphatic carbocycles. The van der Waals surface area contributed by atoms with E-state index in [1.807, 2.05) is 11.3 Å². The zero-order valence-corrected chi connectivity index (χ0v) is 44.0. The zero-order chi connectivity index (χ0) is 46.9. The predicted molar refractivity (Wildman–Crippen MR) is 287 cm³/mol. The Kier molecular flexibility index (Phi) is 9.53. The van der Waals surface area contributed by atoms with Gasteiger partial charge in [0.2, 0.25) is 0 Å². The summed E-state index contributed by atoms with van der Waals surface area (Å²) in [5.41, 5.74) is 22.7. The van der Waals surface area contributed by atoms with Crippen LogP contribution in [0.15, 0.2) is 78.9 Å². The summed E-state index contributed by atoms with van der Waals surface area (Å²) in [6.45, 7) is 43.7. The summed E-state index contributed by atoms with van der Waals surface area (Å²) >= 11 is 2.03. The Hall–Kier alpha value is -4.28. The van der Waals surface area contributed by atoms with Crippen molar-refractivity contribution >= 4 is 78.0 Å². The number of aryl methyl sites for hydroxylation is 1. The van der Waals surface area contributed by atoms with E-state index in [-0.39, 0.29) is 44.6 Å². The summed E-state index contributed by atoms with van der Waals surface area (Å²) < 4.78 is 2.83. The molecule has 2 aliphatic heterocycles. The first kappa shape index (κ1) is 44.6. The van der Waals surface area contributed by atoms with Crippen molar-refractivity contribution in [1.29, 1.82) is 0 Å². The van der Waals surface area contributed by atoms with Gasteiger partial charge >= 0.3 is 0 Å². The third-order valence-electron chi connectivity index (χ3n) is 16.7. The number of hydrogen-bond donors (Lipinski definition) is 0. The lowest BCUT2D eigenvalue weighted by atomic mass is 9.35. The van der Waals surface area contributed by atoms with Crippen LogP contribution in [0.25, 0.3) is 10.1 Å². The van der Waals surface area contributed by atoms with E-state index in [2.05, 4.69) is 213 Å². The van der Waals surface area contributed by atoms with Crippen molar-refractivity contribution in [3.63, 3.8) is 0 Å². The van der Waals surface area contributed by atoms with Gasteiger partial charge in [0.05, 0.1) is 5.69 Å². The van der Waals surface area contributed by atoms with Gasteiger partial charge in [-0.1, -0.05) is 154 Å². The Morgan fingerprint density at radius 3 is 1.65 bits per heavy atom. The van der Waals surface area contributed by atoms with Gasteiger partial charge < -0.3 is 9.80 Å². The van der Waals surface area contributed by atoms with E-state index in [4.69, 9.17) is 0 Å². The summed E-state index contributed by atoms with van der Waals surface area (Å²) in [7, 11) is 0. The second-order valence-corrected chi connectivity index (χ2v) is 27.6. The molecule has 1 aromatic heterocycles.